The van der Waals surface area contributed by atoms with Crippen LogP contribution in [0.4, 0.5) is 10.1 Å². The number of ether oxygens (including phenoxy) is 2. The summed E-state index contributed by atoms with van der Waals surface area (Å²) in [6.07, 6.45) is 2.76. The average molecular weight is 514 g/mol. The first-order valence-electron chi connectivity index (χ1n) is 12.1. The number of hydrogen-bond acceptors (Lipinski definition) is 6. The lowest BCUT2D eigenvalue weighted by Crippen LogP contribution is -2.38. The molecule has 1 aliphatic heterocycles. The van der Waals surface area contributed by atoms with Crippen molar-refractivity contribution in [1.29, 1.82) is 5.41 Å². The lowest BCUT2D eigenvalue weighted by Gasteiger charge is -2.31. The fraction of sp³-hybridized carbons (Fsp3) is 0.370. The highest BCUT2D eigenvalue weighted by molar-refractivity contribution is 6.34. The minimum absolute atomic E-state index is 0.00882. The Morgan fingerprint density at radius 2 is 1.92 bits per heavy atom. The SMILES string of the molecule is CCOC(=O)c1ccc(C(=N)C2=C(NC(=O)c3c(Cl)cccc3N3CCOCC3)CCCC2)c(F)c1. The standard InChI is InChI=1S/C27H29ClFN3O4/c1-2-36-27(34)17-10-11-18(21(29)16-17)25(30)19-6-3-4-8-22(19)31-26(33)24-20(28)7-5-9-23(24)32-12-14-35-15-13-32/h5,7,9-11,16,30H,2-4,6,8,12-15H2,1H3,(H,31,33). The summed E-state index contributed by atoms with van der Waals surface area (Å²) in [6, 6.07) is 9.31. The molecule has 36 heavy (non-hydrogen) atoms. The molecule has 0 aromatic heterocycles. The van der Waals surface area contributed by atoms with Crippen LogP contribution in [0.25, 0.3) is 0 Å². The molecule has 1 aliphatic carbocycles. The number of carbonyl (C=O) groups excluding carboxylic acids is 2. The lowest BCUT2D eigenvalue weighted by atomic mass is 9.89. The zero-order chi connectivity index (χ0) is 25.7. The number of nitrogens with zero attached hydrogens (tertiary/aromatic N) is 1. The van der Waals surface area contributed by atoms with E-state index in [0.717, 1.165) is 24.6 Å². The van der Waals surface area contributed by atoms with Crippen LogP contribution in [0.1, 0.15) is 58.9 Å². The van der Waals surface area contributed by atoms with Gasteiger partial charge < -0.3 is 19.7 Å². The second kappa shape index (κ2) is 11.7. The van der Waals surface area contributed by atoms with Crippen LogP contribution in [0.15, 0.2) is 47.7 Å². The molecule has 1 amide bonds. The van der Waals surface area contributed by atoms with E-state index >= 15 is 0 Å². The van der Waals surface area contributed by atoms with Gasteiger partial charge in [0, 0.05) is 24.4 Å². The molecule has 2 aromatic carbocycles. The molecule has 1 saturated heterocycles. The van der Waals surface area contributed by atoms with Gasteiger partial charge in [-0.2, -0.15) is 0 Å². The zero-order valence-corrected chi connectivity index (χ0v) is 20.9. The number of hydrogen-bond donors (Lipinski definition) is 2. The second-order valence-electron chi connectivity index (χ2n) is 8.64. The molecule has 1 heterocycles. The van der Waals surface area contributed by atoms with Crippen molar-refractivity contribution in [2.24, 2.45) is 0 Å². The van der Waals surface area contributed by atoms with E-state index in [9.17, 15) is 14.0 Å². The van der Waals surface area contributed by atoms with E-state index in [1.54, 1.807) is 13.0 Å². The summed E-state index contributed by atoms with van der Waals surface area (Å²) >= 11 is 6.48. The van der Waals surface area contributed by atoms with Crippen molar-refractivity contribution in [3.8, 4) is 0 Å². The smallest absolute Gasteiger partial charge is 0.338 e. The molecule has 1 fully saturated rings. The van der Waals surface area contributed by atoms with Crippen molar-refractivity contribution in [3.63, 3.8) is 0 Å². The van der Waals surface area contributed by atoms with Gasteiger partial charge in [-0.15, -0.1) is 0 Å². The maximum Gasteiger partial charge on any atom is 0.338 e. The molecule has 0 spiro atoms. The van der Waals surface area contributed by atoms with Crippen molar-refractivity contribution in [1.82, 2.24) is 5.32 Å². The molecule has 0 bridgehead atoms. The predicted molar refractivity (Wildman–Crippen MR) is 137 cm³/mol. The van der Waals surface area contributed by atoms with E-state index in [4.69, 9.17) is 26.5 Å². The van der Waals surface area contributed by atoms with Gasteiger partial charge in [0.25, 0.3) is 5.91 Å². The molecule has 0 unspecified atom stereocenters. The molecule has 2 aromatic rings. The summed E-state index contributed by atoms with van der Waals surface area (Å²) in [5.74, 6) is -1.66. The Bertz CT molecular complexity index is 1210. The topological polar surface area (TPSA) is 91.7 Å². The molecule has 2 aliphatic rings. The van der Waals surface area contributed by atoms with Gasteiger partial charge in [0.2, 0.25) is 0 Å². The number of benzene rings is 2. The number of nitrogens with one attached hydrogen (secondary N) is 2. The molecular formula is C27H29ClFN3O4. The summed E-state index contributed by atoms with van der Waals surface area (Å²) in [5.41, 5.74) is 2.43. The normalized spacial score (nSPS) is 16.0. The Hall–Kier alpha value is -3.23. The minimum Gasteiger partial charge on any atom is -0.462 e. The fourth-order valence-corrected chi connectivity index (χ4v) is 4.80. The monoisotopic (exact) mass is 513 g/mol. The highest BCUT2D eigenvalue weighted by Crippen LogP contribution is 2.31. The van der Waals surface area contributed by atoms with Crippen LogP contribution in [0.5, 0.6) is 0 Å². The predicted octanol–water partition coefficient (Wildman–Crippen LogP) is 5.12. The number of morpholine rings is 1. The van der Waals surface area contributed by atoms with Crippen molar-refractivity contribution in [2.45, 2.75) is 32.6 Å². The summed E-state index contributed by atoms with van der Waals surface area (Å²) in [5, 5.41) is 12.1. The van der Waals surface area contributed by atoms with Gasteiger partial charge in [-0.05, 0) is 68.5 Å². The quantitative estimate of drug-likeness (QED) is 0.396. The van der Waals surface area contributed by atoms with Crippen LogP contribution in [-0.4, -0.2) is 50.5 Å². The van der Waals surface area contributed by atoms with Crippen molar-refractivity contribution >= 4 is 34.9 Å². The Morgan fingerprint density at radius 1 is 1.17 bits per heavy atom. The molecule has 0 atom stereocenters. The van der Waals surface area contributed by atoms with Gasteiger partial charge in [-0.3, -0.25) is 10.2 Å². The number of amides is 1. The highest BCUT2D eigenvalue weighted by Gasteiger charge is 2.26. The Kier molecular flexibility index (Phi) is 8.38. The largest absolute Gasteiger partial charge is 0.462 e. The lowest BCUT2D eigenvalue weighted by molar-refractivity contribution is 0.0525. The second-order valence-corrected chi connectivity index (χ2v) is 9.05. The zero-order valence-electron chi connectivity index (χ0n) is 20.2. The van der Waals surface area contributed by atoms with Crippen LogP contribution in [0.3, 0.4) is 0 Å². The Labute approximate surface area is 214 Å². The number of carbonyl (C=O) groups is 2. The number of halogens is 2. The first-order valence-corrected chi connectivity index (χ1v) is 12.5. The molecule has 190 valence electrons. The maximum absolute atomic E-state index is 14.9. The van der Waals surface area contributed by atoms with Crippen molar-refractivity contribution in [2.75, 3.05) is 37.8 Å². The van der Waals surface area contributed by atoms with Crippen LogP contribution in [0.2, 0.25) is 5.02 Å². The number of rotatable bonds is 7. The van der Waals surface area contributed by atoms with E-state index in [2.05, 4.69) is 10.2 Å². The van der Waals surface area contributed by atoms with Gasteiger partial charge in [-0.25, -0.2) is 9.18 Å². The first kappa shape index (κ1) is 25.9. The van der Waals surface area contributed by atoms with E-state index in [1.807, 2.05) is 12.1 Å². The summed E-state index contributed by atoms with van der Waals surface area (Å²) in [6.45, 7) is 4.31. The van der Waals surface area contributed by atoms with E-state index in [-0.39, 0.29) is 29.4 Å². The Balaban J connectivity index is 1.62. The molecule has 7 nitrogen and oxygen atoms in total. The molecule has 2 N–H and O–H groups in total. The van der Waals surface area contributed by atoms with E-state index < -0.39 is 11.8 Å². The summed E-state index contributed by atoms with van der Waals surface area (Å²) in [4.78, 5) is 27.5. The highest BCUT2D eigenvalue weighted by atomic mass is 35.5. The van der Waals surface area contributed by atoms with Crippen LogP contribution in [0, 0.1) is 11.2 Å². The summed E-state index contributed by atoms with van der Waals surface area (Å²) in [7, 11) is 0. The average Bonchev–Trinajstić information content (AvgIpc) is 2.89. The van der Waals surface area contributed by atoms with E-state index in [1.165, 1.54) is 12.1 Å². The summed E-state index contributed by atoms with van der Waals surface area (Å²) < 4.78 is 25.3. The van der Waals surface area contributed by atoms with Crippen LogP contribution >= 0.6 is 11.6 Å². The third kappa shape index (κ3) is 5.60. The number of allylic oxidation sites excluding steroid dienone is 2. The minimum atomic E-state index is -0.685. The van der Waals surface area contributed by atoms with Gasteiger partial charge in [0.1, 0.15) is 5.82 Å². The molecule has 4 rings (SSSR count). The fourth-order valence-electron chi connectivity index (χ4n) is 4.55. The van der Waals surface area contributed by atoms with Gasteiger partial charge in [-0.1, -0.05) is 17.7 Å². The maximum atomic E-state index is 14.9. The van der Waals surface area contributed by atoms with Gasteiger partial charge in [0.05, 0.1) is 47.4 Å². The first-order chi connectivity index (χ1) is 17.4. The van der Waals surface area contributed by atoms with E-state index in [0.29, 0.717) is 61.0 Å². The van der Waals surface area contributed by atoms with Crippen molar-refractivity contribution < 1.29 is 23.5 Å². The van der Waals surface area contributed by atoms with Gasteiger partial charge >= 0.3 is 5.97 Å². The third-order valence-electron chi connectivity index (χ3n) is 6.35. The van der Waals surface area contributed by atoms with Gasteiger partial charge in [0.15, 0.2) is 0 Å². The van der Waals surface area contributed by atoms with Crippen molar-refractivity contribution in [3.05, 3.63) is 75.2 Å². The molecule has 9 heteroatoms. The molecule has 0 saturated carbocycles. The van der Waals surface area contributed by atoms with Crippen LogP contribution in [-0.2, 0) is 9.47 Å². The Morgan fingerprint density at radius 3 is 2.64 bits per heavy atom. The molecular weight excluding hydrogens is 485 g/mol. The third-order valence-corrected chi connectivity index (χ3v) is 6.67. The molecule has 0 radical (unpaired) electrons. The number of esters is 1. The number of anilines is 1. The van der Waals surface area contributed by atoms with Crippen LogP contribution < -0.4 is 10.2 Å².